The highest BCUT2D eigenvalue weighted by Gasteiger charge is 2.31. The highest BCUT2D eigenvalue weighted by Crippen LogP contribution is 2.40. The fourth-order valence-corrected chi connectivity index (χ4v) is 3.27. The predicted octanol–water partition coefficient (Wildman–Crippen LogP) is 3.28. The Kier molecular flexibility index (Phi) is 6.71. The number of carbonyl (C=O) groups is 2. The molecule has 0 saturated carbocycles. The van der Waals surface area contributed by atoms with Gasteiger partial charge in [0.1, 0.15) is 23.2 Å². The van der Waals surface area contributed by atoms with E-state index in [0.29, 0.717) is 18.8 Å². The SMILES string of the molecule is CN1C(=C(C#N)C(=O)COC(=O)CCCOc2ccccc2)N(C)c2ccccc21. The van der Waals surface area contributed by atoms with Crippen LogP contribution in [-0.4, -0.2) is 39.1 Å². The summed E-state index contributed by atoms with van der Waals surface area (Å²) in [5.41, 5.74) is 1.74. The van der Waals surface area contributed by atoms with E-state index in [2.05, 4.69) is 0 Å². The second-order valence-corrected chi connectivity index (χ2v) is 6.77. The Morgan fingerprint density at radius 3 is 2.17 bits per heavy atom. The molecule has 0 amide bonds. The average molecular weight is 405 g/mol. The smallest absolute Gasteiger partial charge is 0.306 e. The fourth-order valence-electron chi connectivity index (χ4n) is 3.27. The Bertz CT molecular complexity index is 964. The molecule has 2 aromatic carbocycles. The van der Waals surface area contributed by atoms with Crippen molar-refractivity contribution in [1.82, 2.24) is 0 Å². The zero-order valence-corrected chi connectivity index (χ0v) is 17.0. The normalized spacial score (nSPS) is 12.2. The molecule has 1 heterocycles. The summed E-state index contributed by atoms with van der Waals surface area (Å²) < 4.78 is 10.6. The molecule has 0 N–H and O–H groups in total. The number of Topliss-reactive ketones (excluding diaryl/α,β-unsaturated/α-hetero) is 1. The third-order valence-electron chi connectivity index (χ3n) is 4.76. The van der Waals surface area contributed by atoms with Crippen LogP contribution in [0.4, 0.5) is 11.4 Å². The largest absolute Gasteiger partial charge is 0.494 e. The fraction of sp³-hybridized carbons (Fsp3) is 0.261. The van der Waals surface area contributed by atoms with Crippen LogP contribution in [0.15, 0.2) is 66.0 Å². The van der Waals surface area contributed by atoms with Crippen molar-refractivity contribution in [3.05, 3.63) is 66.0 Å². The maximum absolute atomic E-state index is 12.6. The molecular formula is C23H23N3O4. The van der Waals surface area contributed by atoms with Crippen molar-refractivity contribution in [1.29, 1.82) is 5.26 Å². The van der Waals surface area contributed by atoms with Gasteiger partial charge in [-0.3, -0.25) is 9.59 Å². The molecule has 0 aliphatic carbocycles. The van der Waals surface area contributed by atoms with E-state index in [1.165, 1.54) is 0 Å². The molecule has 0 atom stereocenters. The van der Waals surface area contributed by atoms with Crippen molar-refractivity contribution in [2.45, 2.75) is 12.8 Å². The number of benzene rings is 2. The zero-order valence-electron chi connectivity index (χ0n) is 17.0. The lowest BCUT2D eigenvalue weighted by Gasteiger charge is -2.19. The van der Waals surface area contributed by atoms with Gasteiger partial charge in [-0.2, -0.15) is 5.26 Å². The van der Waals surface area contributed by atoms with Gasteiger partial charge in [0.2, 0.25) is 5.78 Å². The van der Waals surface area contributed by atoms with Gasteiger partial charge >= 0.3 is 5.97 Å². The number of fused-ring (bicyclic) bond motifs is 1. The lowest BCUT2D eigenvalue weighted by molar-refractivity contribution is -0.147. The van der Waals surface area contributed by atoms with E-state index in [1.807, 2.05) is 60.7 Å². The maximum Gasteiger partial charge on any atom is 0.306 e. The number of hydrogen-bond acceptors (Lipinski definition) is 7. The Hall–Kier alpha value is -3.79. The maximum atomic E-state index is 12.6. The van der Waals surface area contributed by atoms with Crippen molar-refractivity contribution >= 4 is 23.1 Å². The Labute approximate surface area is 175 Å². The summed E-state index contributed by atoms with van der Waals surface area (Å²) in [6, 6.07) is 18.9. The molecule has 7 nitrogen and oxygen atoms in total. The first kappa shape index (κ1) is 20.9. The number of nitrogens with zero attached hydrogens (tertiary/aromatic N) is 3. The van der Waals surface area contributed by atoms with Crippen molar-refractivity contribution < 1.29 is 19.1 Å². The van der Waals surface area contributed by atoms with Gasteiger partial charge < -0.3 is 19.3 Å². The molecule has 0 bridgehead atoms. The highest BCUT2D eigenvalue weighted by molar-refractivity contribution is 6.03. The number of rotatable bonds is 8. The molecule has 30 heavy (non-hydrogen) atoms. The van der Waals surface area contributed by atoms with Gasteiger partial charge in [0.05, 0.1) is 18.0 Å². The summed E-state index contributed by atoms with van der Waals surface area (Å²) in [6.07, 6.45) is 0.596. The van der Waals surface area contributed by atoms with Crippen molar-refractivity contribution in [2.24, 2.45) is 0 Å². The molecule has 0 spiro atoms. The Balaban J connectivity index is 1.53. The van der Waals surface area contributed by atoms with Crippen molar-refractivity contribution in [3.63, 3.8) is 0 Å². The van der Waals surface area contributed by atoms with Gasteiger partial charge in [0.25, 0.3) is 0 Å². The standard InChI is InChI=1S/C23H23N3O4/c1-25-19-11-6-7-12-20(19)26(2)23(25)18(15-24)21(27)16-30-22(28)13-8-14-29-17-9-4-3-5-10-17/h3-7,9-12H,8,13-14,16H2,1-2H3. The van der Waals surface area contributed by atoms with Gasteiger partial charge in [0.15, 0.2) is 6.61 Å². The minimum Gasteiger partial charge on any atom is -0.494 e. The number of anilines is 2. The summed E-state index contributed by atoms with van der Waals surface area (Å²) in [5, 5.41) is 9.58. The van der Waals surface area contributed by atoms with Crippen LogP contribution in [0, 0.1) is 11.3 Å². The average Bonchev–Trinajstić information content (AvgIpc) is 3.02. The van der Waals surface area contributed by atoms with Crippen LogP contribution in [0.25, 0.3) is 0 Å². The molecule has 7 heteroatoms. The van der Waals surface area contributed by atoms with Crippen LogP contribution in [0.1, 0.15) is 12.8 Å². The van der Waals surface area contributed by atoms with E-state index < -0.39 is 18.4 Å². The summed E-state index contributed by atoms with van der Waals surface area (Å²) in [5.74, 6) is 0.166. The number of ether oxygens (including phenoxy) is 2. The van der Waals surface area contributed by atoms with Gasteiger partial charge in [-0.15, -0.1) is 0 Å². The van der Waals surface area contributed by atoms with Gasteiger partial charge in [-0.05, 0) is 30.7 Å². The topological polar surface area (TPSA) is 82.9 Å². The second-order valence-electron chi connectivity index (χ2n) is 6.77. The van der Waals surface area contributed by atoms with Crippen LogP contribution >= 0.6 is 0 Å². The molecule has 0 radical (unpaired) electrons. The first-order chi connectivity index (χ1) is 14.5. The summed E-state index contributed by atoms with van der Waals surface area (Å²) in [7, 11) is 3.59. The van der Waals surface area contributed by atoms with Crippen molar-refractivity contribution in [3.8, 4) is 11.8 Å². The van der Waals surface area contributed by atoms with E-state index in [9.17, 15) is 14.9 Å². The quantitative estimate of drug-likeness (QED) is 0.288. The zero-order chi connectivity index (χ0) is 21.5. The number of nitriles is 1. The van der Waals surface area contributed by atoms with E-state index >= 15 is 0 Å². The molecular weight excluding hydrogens is 382 g/mol. The Morgan fingerprint density at radius 2 is 1.57 bits per heavy atom. The molecule has 0 fully saturated rings. The monoisotopic (exact) mass is 405 g/mol. The lowest BCUT2D eigenvalue weighted by atomic mass is 10.2. The van der Waals surface area contributed by atoms with Gasteiger partial charge in [0, 0.05) is 20.5 Å². The third kappa shape index (κ3) is 4.61. The third-order valence-corrected chi connectivity index (χ3v) is 4.76. The minimum absolute atomic E-state index is 0.0450. The summed E-state index contributed by atoms with van der Waals surface area (Å²) in [6.45, 7) is -0.100. The minimum atomic E-state index is -0.534. The summed E-state index contributed by atoms with van der Waals surface area (Å²) >= 11 is 0. The predicted molar refractivity (Wildman–Crippen MR) is 113 cm³/mol. The van der Waals surface area contributed by atoms with Crippen molar-refractivity contribution in [2.75, 3.05) is 37.1 Å². The number of ketones is 1. The molecule has 0 aromatic heterocycles. The van der Waals surface area contributed by atoms with E-state index in [-0.39, 0.29) is 12.0 Å². The molecule has 0 unspecified atom stereocenters. The van der Waals surface area contributed by atoms with Crippen LogP contribution in [0.3, 0.4) is 0 Å². The Morgan fingerprint density at radius 1 is 0.967 bits per heavy atom. The molecule has 1 aliphatic rings. The van der Waals surface area contributed by atoms with Gasteiger partial charge in [-0.25, -0.2) is 0 Å². The van der Waals surface area contributed by atoms with E-state index in [0.717, 1.165) is 17.1 Å². The van der Waals surface area contributed by atoms with Crippen LogP contribution < -0.4 is 14.5 Å². The van der Waals surface area contributed by atoms with Crippen LogP contribution in [0.2, 0.25) is 0 Å². The number of hydrogen-bond donors (Lipinski definition) is 0. The number of carbonyl (C=O) groups excluding carboxylic acids is 2. The van der Waals surface area contributed by atoms with E-state index in [4.69, 9.17) is 9.47 Å². The molecule has 1 aliphatic heterocycles. The molecule has 0 saturated heterocycles. The highest BCUT2D eigenvalue weighted by atomic mass is 16.5. The number of para-hydroxylation sites is 3. The van der Waals surface area contributed by atoms with Crippen LogP contribution in [-0.2, 0) is 14.3 Å². The van der Waals surface area contributed by atoms with Gasteiger partial charge in [-0.1, -0.05) is 30.3 Å². The van der Waals surface area contributed by atoms with Crippen LogP contribution in [0.5, 0.6) is 5.75 Å². The van der Waals surface area contributed by atoms with E-state index in [1.54, 1.807) is 23.9 Å². The lowest BCUT2D eigenvalue weighted by Crippen LogP contribution is -2.27. The second kappa shape index (κ2) is 9.61. The molecule has 3 rings (SSSR count). The molecule has 154 valence electrons. The summed E-state index contributed by atoms with van der Waals surface area (Å²) in [4.78, 5) is 28.1. The first-order valence-electron chi connectivity index (χ1n) is 9.60. The molecule has 2 aromatic rings. The first-order valence-corrected chi connectivity index (χ1v) is 9.60. The number of esters is 1.